The van der Waals surface area contributed by atoms with Crippen molar-refractivity contribution in [3.8, 4) is 5.75 Å². The lowest BCUT2D eigenvalue weighted by atomic mass is 10.00. The molecule has 2 atom stereocenters. The van der Waals surface area contributed by atoms with Crippen LogP contribution >= 0.6 is 0 Å². The molecule has 0 saturated carbocycles. The molecule has 0 saturated heterocycles. The van der Waals surface area contributed by atoms with Crippen LogP contribution in [0.1, 0.15) is 38.4 Å². The smallest absolute Gasteiger partial charge is 0.115 e. The summed E-state index contributed by atoms with van der Waals surface area (Å²) in [5.74, 6) is 0.230. The summed E-state index contributed by atoms with van der Waals surface area (Å²) in [6.45, 7) is 3.66. The van der Waals surface area contributed by atoms with E-state index in [4.69, 9.17) is 0 Å². The SMILES string of the molecule is CC(C)[C@H](O)CC(=C=CC[C@@H](O)c1cccc(O)c1)CO. The Hall–Kier alpha value is -1.58. The molecule has 4 N–H and O–H groups in total. The first-order valence-electron chi connectivity index (χ1n) is 7.12. The van der Waals surface area contributed by atoms with Crippen LogP contribution in [0.5, 0.6) is 5.75 Å². The van der Waals surface area contributed by atoms with Crippen LogP contribution < -0.4 is 0 Å². The lowest BCUT2D eigenvalue weighted by Gasteiger charge is -2.14. The minimum atomic E-state index is -0.737. The summed E-state index contributed by atoms with van der Waals surface area (Å²) in [6, 6.07) is 6.46. The zero-order valence-electron chi connectivity index (χ0n) is 12.5. The van der Waals surface area contributed by atoms with Gasteiger partial charge >= 0.3 is 0 Å². The Labute approximate surface area is 125 Å². The molecule has 21 heavy (non-hydrogen) atoms. The van der Waals surface area contributed by atoms with Gasteiger partial charge in [-0.05, 0) is 35.3 Å². The van der Waals surface area contributed by atoms with Crippen molar-refractivity contribution in [3.05, 3.63) is 47.2 Å². The van der Waals surface area contributed by atoms with E-state index in [2.05, 4.69) is 5.73 Å². The molecule has 0 fully saturated rings. The molecule has 0 aliphatic heterocycles. The fourth-order valence-corrected chi connectivity index (χ4v) is 1.84. The monoisotopic (exact) mass is 292 g/mol. The van der Waals surface area contributed by atoms with Gasteiger partial charge in [0.25, 0.3) is 0 Å². The van der Waals surface area contributed by atoms with E-state index in [1.54, 1.807) is 24.3 Å². The van der Waals surface area contributed by atoms with Gasteiger partial charge < -0.3 is 20.4 Å². The maximum Gasteiger partial charge on any atom is 0.115 e. The van der Waals surface area contributed by atoms with E-state index in [1.165, 1.54) is 6.07 Å². The number of aliphatic hydroxyl groups is 3. The number of phenolic OH excluding ortho intramolecular Hbond substituents is 1. The average molecular weight is 292 g/mol. The van der Waals surface area contributed by atoms with E-state index in [0.717, 1.165) is 0 Å². The number of aliphatic hydroxyl groups excluding tert-OH is 3. The van der Waals surface area contributed by atoms with Crippen LogP contribution in [0.3, 0.4) is 0 Å². The molecule has 0 bridgehead atoms. The molecule has 1 aromatic rings. The van der Waals surface area contributed by atoms with Crippen LogP contribution in [0.4, 0.5) is 0 Å². The normalized spacial score (nSPS) is 13.6. The van der Waals surface area contributed by atoms with Crippen molar-refractivity contribution in [1.29, 1.82) is 0 Å². The van der Waals surface area contributed by atoms with E-state index >= 15 is 0 Å². The second-order valence-corrected chi connectivity index (χ2v) is 5.47. The lowest BCUT2D eigenvalue weighted by Crippen LogP contribution is -2.16. The summed E-state index contributed by atoms with van der Waals surface area (Å²) in [5.41, 5.74) is 4.17. The Morgan fingerprint density at radius 3 is 2.57 bits per heavy atom. The summed E-state index contributed by atoms with van der Waals surface area (Å²) in [5, 5.41) is 38.4. The summed E-state index contributed by atoms with van der Waals surface area (Å²) in [4.78, 5) is 0. The van der Waals surface area contributed by atoms with Crippen molar-refractivity contribution in [1.82, 2.24) is 0 Å². The van der Waals surface area contributed by atoms with Crippen molar-refractivity contribution >= 4 is 0 Å². The third-order valence-corrected chi connectivity index (χ3v) is 3.32. The highest BCUT2D eigenvalue weighted by Crippen LogP contribution is 2.21. The van der Waals surface area contributed by atoms with Gasteiger partial charge in [-0.3, -0.25) is 0 Å². The van der Waals surface area contributed by atoms with Gasteiger partial charge in [-0.2, -0.15) is 0 Å². The number of hydrogen-bond donors (Lipinski definition) is 4. The summed E-state index contributed by atoms with van der Waals surface area (Å²) < 4.78 is 0. The Balaban J connectivity index is 2.67. The molecule has 0 amide bonds. The zero-order chi connectivity index (χ0) is 15.8. The lowest BCUT2D eigenvalue weighted by molar-refractivity contribution is 0.122. The van der Waals surface area contributed by atoms with Gasteiger partial charge in [-0.25, -0.2) is 0 Å². The van der Waals surface area contributed by atoms with Gasteiger partial charge in [0.15, 0.2) is 0 Å². The predicted octanol–water partition coefficient (Wildman–Crippen LogP) is 2.30. The largest absolute Gasteiger partial charge is 0.508 e. The molecule has 1 rings (SSSR count). The molecule has 4 heteroatoms. The number of aromatic hydroxyl groups is 1. The molecule has 116 valence electrons. The molecule has 0 heterocycles. The van der Waals surface area contributed by atoms with Crippen LogP contribution in [0.25, 0.3) is 0 Å². The van der Waals surface area contributed by atoms with Crippen LogP contribution in [-0.2, 0) is 0 Å². The highest BCUT2D eigenvalue weighted by molar-refractivity contribution is 5.28. The maximum absolute atomic E-state index is 10.00. The molecule has 0 aromatic heterocycles. The quantitative estimate of drug-likeness (QED) is 0.581. The van der Waals surface area contributed by atoms with E-state index in [9.17, 15) is 20.4 Å². The molecular weight excluding hydrogens is 268 g/mol. The second kappa shape index (κ2) is 8.65. The highest BCUT2D eigenvalue weighted by atomic mass is 16.3. The van der Waals surface area contributed by atoms with Crippen molar-refractivity contribution in [2.45, 2.75) is 38.9 Å². The number of rotatable bonds is 7. The van der Waals surface area contributed by atoms with Crippen LogP contribution in [0.15, 0.2) is 41.6 Å². The van der Waals surface area contributed by atoms with E-state index in [-0.39, 0.29) is 18.3 Å². The van der Waals surface area contributed by atoms with Gasteiger partial charge in [-0.1, -0.05) is 26.0 Å². The third kappa shape index (κ3) is 6.15. The maximum atomic E-state index is 10.00. The van der Waals surface area contributed by atoms with Crippen LogP contribution in [0.2, 0.25) is 0 Å². The topological polar surface area (TPSA) is 80.9 Å². The molecule has 4 nitrogen and oxygen atoms in total. The molecule has 0 unspecified atom stereocenters. The van der Waals surface area contributed by atoms with Gasteiger partial charge in [0.05, 0.1) is 18.8 Å². The number of hydrogen-bond acceptors (Lipinski definition) is 4. The number of phenols is 1. The minimum Gasteiger partial charge on any atom is -0.508 e. The standard InChI is InChI=1S/C17H24O4/c1-12(2)17(21)9-13(11-18)5-3-8-16(20)14-6-4-7-15(19)10-14/h3-4,6-7,10,12,16-21H,8-9,11H2,1-2H3/t5?,16-,17-/m1/s1. The first kappa shape index (κ1) is 17.5. The Morgan fingerprint density at radius 1 is 1.29 bits per heavy atom. The Kier molecular flexibility index (Phi) is 7.20. The first-order valence-corrected chi connectivity index (χ1v) is 7.12. The van der Waals surface area contributed by atoms with E-state index in [0.29, 0.717) is 24.0 Å². The van der Waals surface area contributed by atoms with Gasteiger partial charge in [0.2, 0.25) is 0 Å². The van der Waals surface area contributed by atoms with Crippen molar-refractivity contribution in [2.75, 3.05) is 6.61 Å². The van der Waals surface area contributed by atoms with Gasteiger partial charge in [-0.15, -0.1) is 5.73 Å². The third-order valence-electron chi connectivity index (χ3n) is 3.32. The molecule has 0 radical (unpaired) electrons. The summed E-state index contributed by atoms with van der Waals surface area (Å²) in [7, 11) is 0. The van der Waals surface area contributed by atoms with Crippen LogP contribution in [0, 0.1) is 5.92 Å². The van der Waals surface area contributed by atoms with Gasteiger partial charge in [0, 0.05) is 12.8 Å². The fourth-order valence-electron chi connectivity index (χ4n) is 1.84. The van der Waals surface area contributed by atoms with Gasteiger partial charge in [0.1, 0.15) is 5.75 Å². The summed E-state index contributed by atoms with van der Waals surface area (Å²) in [6.07, 6.45) is 1.09. The zero-order valence-corrected chi connectivity index (χ0v) is 12.5. The van der Waals surface area contributed by atoms with Crippen molar-refractivity contribution in [2.24, 2.45) is 5.92 Å². The molecular formula is C17H24O4. The minimum absolute atomic E-state index is 0.113. The first-order chi connectivity index (χ1) is 9.93. The predicted molar refractivity (Wildman–Crippen MR) is 81.8 cm³/mol. The Bertz CT molecular complexity index is 501. The van der Waals surface area contributed by atoms with Crippen molar-refractivity contribution in [3.63, 3.8) is 0 Å². The average Bonchev–Trinajstić information content (AvgIpc) is 2.45. The molecule has 0 aliphatic rings. The number of benzene rings is 1. The summed E-state index contributed by atoms with van der Waals surface area (Å²) >= 11 is 0. The van der Waals surface area contributed by atoms with Crippen molar-refractivity contribution < 1.29 is 20.4 Å². The van der Waals surface area contributed by atoms with E-state index < -0.39 is 12.2 Å². The van der Waals surface area contributed by atoms with Crippen LogP contribution in [-0.4, -0.2) is 33.1 Å². The molecule has 0 spiro atoms. The molecule has 1 aromatic carbocycles. The molecule has 0 aliphatic carbocycles. The second-order valence-electron chi connectivity index (χ2n) is 5.47. The fraction of sp³-hybridized carbons (Fsp3) is 0.471. The van der Waals surface area contributed by atoms with E-state index in [1.807, 2.05) is 13.8 Å². The Morgan fingerprint density at radius 2 is 2.00 bits per heavy atom. The highest BCUT2D eigenvalue weighted by Gasteiger charge is 2.11.